The van der Waals surface area contributed by atoms with Crippen LogP contribution in [0.2, 0.25) is 0 Å². The summed E-state index contributed by atoms with van der Waals surface area (Å²) in [6.45, 7) is 1.54. The molecule has 0 saturated heterocycles. The van der Waals surface area contributed by atoms with E-state index in [1.165, 1.54) is 6.07 Å². The van der Waals surface area contributed by atoms with E-state index in [9.17, 15) is 18.0 Å². The average Bonchev–Trinajstić information content (AvgIpc) is 3.00. The molecule has 0 spiro atoms. The van der Waals surface area contributed by atoms with Crippen LogP contribution in [0.15, 0.2) is 30.3 Å². The van der Waals surface area contributed by atoms with Gasteiger partial charge in [-0.2, -0.15) is 23.1 Å². The molecule has 0 aliphatic carbocycles. The van der Waals surface area contributed by atoms with E-state index in [1.54, 1.807) is 38.3 Å². The van der Waals surface area contributed by atoms with E-state index in [0.717, 1.165) is 10.1 Å². The number of nitrogens with one attached hydrogen (secondary N) is 1. The molecule has 26 heavy (non-hydrogen) atoms. The third kappa shape index (κ3) is 3.73. The normalized spacial score (nSPS) is 11.6. The number of hydrogen-bond acceptors (Lipinski definition) is 5. The van der Waals surface area contributed by atoms with Crippen molar-refractivity contribution in [2.45, 2.75) is 19.5 Å². The van der Waals surface area contributed by atoms with E-state index < -0.39 is 12.0 Å². The fourth-order valence-electron chi connectivity index (χ4n) is 2.31. The van der Waals surface area contributed by atoms with Crippen LogP contribution in [0.1, 0.15) is 17.1 Å². The molecule has 0 bridgehead atoms. The lowest BCUT2D eigenvalue weighted by Gasteiger charge is -2.07. The molecule has 2 heterocycles. The van der Waals surface area contributed by atoms with Crippen molar-refractivity contribution in [3.05, 3.63) is 47.4 Å². The summed E-state index contributed by atoms with van der Waals surface area (Å²) in [6, 6.07) is 8.37. The van der Waals surface area contributed by atoms with Crippen LogP contribution in [-0.2, 0) is 17.4 Å². The Kier molecular flexibility index (Phi) is 4.49. The molecule has 3 rings (SSSR count). The fraction of sp³-hybridized carbons (Fsp3) is 0.250. The number of alkyl halides is 3. The van der Waals surface area contributed by atoms with Gasteiger partial charge in [0.25, 0.3) is 11.6 Å². The van der Waals surface area contributed by atoms with Gasteiger partial charge in [0.15, 0.2) is 0 Å². The summed E-state index contributed by atoms with van der Waals surface area (Å²) in [5, 5.41) is 5.94. The second-order valence-corrected chi connectivity index (χ2v) is 5.50. The Labute approximate surface area is 145 Å². The smallest absolute Gasteiger partial charge is 0.453 e. The van der Waals surface area contributed by atoms with Crippen molar-refractivity contribution in [2.75, 3.05) is 12.4 Å². The monoisotopic (exact) mass is 365 g/mol. The van der Waals surface area contributed by atoms with Crippen molar-refractivity contribution >= 4 is 17.5 Å². The highest BCUT2D eigenvalue weighted by molar-refractivity contribution is 5.91. The quantitative estimate of drug-likeness (QED) is 0.769. The molecule has 1 N–H and O–H groups in total. The van der Waals surface area contributed by atoms with Crippen molar-refractivity contribution in [3.63, 3.8) is 0 Å². The minimum absolute atomic E-state index is 0.0798. The van der Waals surface area contributed by atoms with E-state index in [2.05, 4.69) is 20.4 Å². The van der Waals surface area contributed by atoms with Gasteiger partial charge >= 0.3 is 6.18 Å². The number of rotatable bonds is 4. The summed E-state index contributed by atoms with van der Waals surface area (Å²) in [4.78, 5) is 19.4. The lowest BCUT2D eigenvalue weighted by Crippen LogP contribution is -2.16. The number of benzene rings is 1. The van der Waals surface area contributed by atoms with Gasteiger partial charge in [-0.15, -0.1) is 5.10 Å². The number of aryl methyl sites for hydroxylation is 1. The Bertz CT molecular complexity index is 951. The zero-order chi connectivity index (χ0) is 18.9. The molecule has 0 saturated carbocycles. The molecule has 3 aromatic rings. The van der Waals surface area contributed by atoms with E-state index in [1.807, 2.05) is 0 Å². The van der Waals surface area contributed by atoms with Crippen LogP contribution in [0.25, 0.3) is 5.78 Å². The highest BCUT2D eigenvalue weighted by atomic mass is 19.4. The first kappa shape index (κ1) is 17.6. The van der Waals surface area contributed by atoms with Gasteiger partial charge in [0, 0.05) is 11.8 Å². The number of ether oxygens (including phenoxy) is 1. The first-order valence-corrected chi connectivity index (χ1v) is 7.50. The number of nitrogens with zero attached hydrogens (tertiary/aromatic N) is 4. The minimum Gasteiger partial charge on any atom is -0.497 e. The number of amides is 1. The van der Waals surface area contributed by atoms with Crippen LogP contribution in [0, 0.1) is 6.92 Å². The van der Waals surface area contributed by atoms with Gasteiger partial charge in [-0.25, -0.2) is 4.52 Å². The number of hydrogen-bond donors (Lipinski definition) is 1. The van der Waals surface area contributed by atoms with E-state index in [0.29, 0.717) is 11.4 Å². The van der Waals surface area contributed by atoms with Crippen LogP contribution < -0.4 is 10.1 Å². The maximum atomic E-state index is 12.7. The van der Waals surface area contributed by atoms with Crippen LogP contribution in [-0.4, -0.2) is 32.6 Å². The highest BCUT2D eigenvalue weighted by Crippen LogP contribution is 2.26. The van der Waals surface area contributed by atoms with Crippen molar-refractivity contribution in [1.29, 1.82) is 0 Å². The van der Waals surface area contributed by atoms with Gasteiger partial charge in [-0.3, -0.25) is 4.79 Å². The first-order chi connectivity index (χ1) is 12.3. The molecule has 0 unspecified atom stereocenters. The van der Waals surface area contributed by atoms with Crippen LogP contribution in [0.4, 0.5) is 19.0 Å². The molecule has 10 heteroatoms. The summed E-state index contributed by atoms with van der Waals surface area (Å²) in [7, 11) is 1.54. The van der Waals surface area contributed by atoms with Crippen LogP contribution in [0.3, 0.4) is 0 Å². The average molecular weight is 365 g/mol. The van der Waals surface area contributed by atoms with Crippen molar-refractivity contribution < 1.29 is 22.7 Å². The topological polar surface area (TPSA) is 81.4 Å². The molecule has 0 aliphatic rings. The largest absolute Gasteiger partial charge is 0.497 e. The predicted octanol–water partition coefficient (Wildman–Crippen LogP) is 2.64. The number of methoxy groups -OCH3 is 1. The third-order valence-electron chi connectivity index (χ3n) is 3.53. The Hall–Kier alpha value is -3.17. The molecule has 1 amide bonds. The first-order valence-electron chi connectivity index (χ1n) is 7.50. The van der Waals surface area contributed by atoms with Crippen molar-refractivity contribution in [1.82, 2.24) is 19.6 Å². The standard InChI is InChI=1S/C16H14F3N5O2/c1-9-7-12(21-15-22-14(16(17,18)19)23-24(9)15)20-13(25)8-10-3-5-11(26-2)6-4-10/h3-7H,8H2,1-2H3,(H,20,21,22,23,25). The predicted molar refractivity (Wildman–Crippen MR) is 85.8 cm³/mol. The fourth-order valence-corrected chi connectivity index (χ4v) is 2.31. The van der Waals surface area contributed by atoms with Crippen LogP contribution in [0.5, 0.6) is 5.75 Å². The van der Waals surface area contributed by atoms with Crippen molar-refractivity contribution in [2.24, 2.45) is 0 Å². The van der Waals surface area contributed by atoms with E-state index in [-0.39, 0.29) is 23.9 Å². The van der Waals surface area contributed by atoms with Gasteiger partial charge < -0.3 is 10.1 Å². The highest BCUT2D eigenvalue weighted by Gasteiger charge is 2.36. The van der Waals surface area contributed by atoms with Gasteiger partial charge in [0.05, 0.1) is 13.5 Å². The van der Waals surface area contributed by atoms with Crippen molar-refractivity contribution in [3.8, 4) is 5.75 Å². The molecule has 136 valence electrons. The number of anilines is 1. The Morgan fingerprint density at radius 2 is 1.92 bits per heavy atom. The minimum atomic E-state index is -4.67. The molecule has 1 aromatic carbocycles. The lowest BCUT2D eigenvalue weighted by atomic mass is 10.1. The van der Waals surface area contributed by atoms with Crippen LogP contribution >= 0.6 is 0 Å². The Morgan fingerprint density at radius 3 is 2.54 bits per heavy atom. The summed E-state index contributed by atoms with van der Waals surface area (Å²) < 4.78 is 44.2. The number of halogens is 3. The Morgan fingerprint density at radius 1 is 1.23 bits per heavy atom. The van der Waals surface area contributed by atoms with E-state index >= 15 is 0 Å². The van der Waals surface area contributed by atoms with E-state index in [4.69, 9.17) is 4.74 Å². The zero-order valence-corrected chi connectivity index (χ0v) is 13.8. The summed E-state index contributed by atoms with van der Waals surface area (Å²) in [5.41, 5.74) is 1.11. The molecular weight excluding hydrogens is 351 g/mol. The summed E-state index contributed by atoms with van der Waals surface area (Å²) in [6.07, 6.45) is -4.59. The molecule has 7 nitrogen and oxygen atoms in total. The second-order valence-electron chi connectivity index (χ2n) is 5.50. The van der Waals surface area contributed by atoms with Gasteiger partial charge in [0.1, 0.15) is 11.6 Å². The maximum absolute atomic E-state index is 12.7. The molecule has 0 aliphatic heterocycles. The number of carbonyl (C=O) groups excluding carboxylic acids is 1. The SMILES string of the molecule is COc1ccc(CC(=O)Nc2cc(C)n3nc(C(F)(F)F)nc3n2)cc1. The van der Waals surface area contributed by atoms with Gasteiger partial charge in [-0.1, -0.05) is 12.1 Å². The molecule has 0 atom stereocenters. The lowest BCUT2D eigenvalue weighted by molar-refractivity contribution is -0.144. The van der Waals surface area contributed by atoms with Gasteiger partial charge in [-0.05, 0) is 24.6 Å². The number of aromatic nitrogens is 4. The second kappa shape index (κ2) is 6.62. The maximum Gasteiger partial charge on any atom is 0.453 e. The third-order valence-corrected chi connectivity index (χ3v) is 3.53. The molecule has 0 radical (unpaired) electrons. The zero-order valence-electron chi connectivity index (χ0n) is 13.8. The number of fused-ring (bicyclic) bond motifs is 1. The number of carbonyl (C=O) groups is 1. The molecule has 0 fully saturated rings. The Balaban J connectivity index is 1.78. The summed E-state index contributed by atoms with van der Waals surface area (Å²) in [5.74, 6) is -1.10. The molecular formula is C16H14F3N5O2. The summed E-state index contributed by atoms with van der Waals surface area (Å²) >= 11 is 0. The van der Waals surface area contributed by atoms with Gasteiger partial charge in [0.2, 0.25) is 5.91 Å². The molecule has 2 aromatic heterocycles.